The van der Waals surface area contributed by atoms with Crippen LogP contribution < -0.4 is 5.32 Å². The molecule has 0 aromatic rings. The van der Waals surface area contributed by atoms with Crippen LogP contribution in [-0.2, 0) is 14.3 Å². The quantitative estimate of drug-likeness (QED) is 0.372. The van der Waals surface area contributed by atoms with E-state index in [4.69, 9.17) is 5.11 Å². The van der Waals surface area contributed by atoms with Crippen LogP contribution in [0.1, 0.15) is 0 Å². The number of ether oxygens (including phenoxy) is 1. The van der Waals surface area contributed by atoms with Crippen LogP contribution in [0.4, 0.5) is 0 Å². The van der Waals surface area contributed by atoms with Crippen LogP contribution in [0.5, 0.6) is 0 Å². The highest BCUT2D eigenvalue weighted by Crippen LogP contribution is 1.80. The first kappa shape index (κ1) is 7.90. The summed E-state index contributed by atoms with van der Waals surface area (Å²) in [5.41, 5.74) is 0. The van der Waals surface area contributed by atoms with Crippen molar-refractivity contribution in [2.24, 2.45) is 0 Å². The number of carboxylic acid groups (broad SMARTS) is 1. The highest BCUT2D eigenvalue weighted by molar-refractivity contribution is 5.74. The van der Waals surface area contributed by atoms with E-state index in [1.54, 1.807) is 0 Å². The summed E-state index contributed by atoms with van der Waals surface area (Å²) in [6.07, 6.45) is -0.968. The summed E-state index contributed by atoms with van der Waals surface area (Å²) in [7, 11) is 1.19. The fraction of sp³-hybridized carbons (Fsp3) is 0.500. The Labute approximate surface area is 51.6 Å². The van der Waals surface area contributed by atoms with Crippen molar-refractivity contribution in [2.75, 3.05) is 7.11 Å². The van der Waals surface area contributed by atoms with Crippen LogP contribution in [0, 0.1) is 0 Å². The fourth-order valence-corrected chi connectivity index (χ4v) is 0.302. The molecular formula is C4H7NO4. The van der Waals surface area contributed by atoms with Crippen molar-refractivity contribution in [1.82, 2.24) is 5.32 Å². The number of carboxylic acids is 1. The van der Waals surface area contributed by atoms with Crippen molar-refractivity contribution in [2.45, 2.75) is 6.23 Å². The van der Waals surface area contributed by atoms with Gasteiger partial charge in [-0.15, -0.1) is 0 Å². The predicted molar refractivity (Wildman–Crippen MR) is 27.6 cm³/mol. The van der Waals surface area contributed by atoms with Gasteiger partial charge in [0.15, 0.2) is 0 Å². The van der Waals surface area contributed by atoms with Gasteiger partial charge in [0.25, 0.3) is 0 Å². The number of amides is 1. The van der Waals surface area contributed by atoms with Gasteiger partial charge in [-0.2, -0.15) is 0 Å². The lowest BCUT2D eigenvalue weighted by molar-refractivity contribution is -0.151. The van der Waals surface area contributed by atoms with E-state index >= 15 is 0 Å². The van der Waals surface area contributed by atoms with Crippen molar-refractivity contribution < 1.29 is 19.4 Å². The zero-order chi connectivity index (χ0) is 7.28. The molecule has 5 nitrogen and oxygen atoms in total. The van der Waals surface area contributed by atoms with E-state index in [1.165, 1.54) is 7.11 Å². The molecule has 9 heavy (non-hydrogen) atoms. The maximum atomic E-state index is 9.97. The molecule has 0 aromatic heterocycles. The Balaban J connectivity index is 3.67. The topological polar surface area (TPSA) is 75.6 Å². The van der Waals surface area contributed by atoms with Gasteiger partial charge < -0.3 is 15.2 Å². The first-order valence-electron chi connectivity index (χ1n) is 2.17. The lowest BCUT2D eigenvalue weighted by Gasteiger charge is -2.06. The van der Waals surface area contributed by atoms with E-state index < -0.39 is 12.2 Å². The highest BCUT2D eigenvalue weighted by atomic mass is 16.5. The fourth-order valence-electron chi connectivity index (χ4n) is 0.302. The van der Waals surface area contributed by atoms with Crippen molar-refractivity contribution >= 4 is 12.4 Å². The third kappa shape index (κ3) is 2.65. The number of nitrogens with one attached hydrogen (secondary N) is 1. The minimum atomic E-state index is -1.23. The molecule has 2 N–H and O–H groups in total. The van der Waals surface area contributed by atoms with Gasteiger partial charge in [-0.1, -0.05) is 0 Å². The molecule has 0 saturated carbocycles. The Bertz CT molecular complexity index is 113. The summed E-state index contributed by atoms with van der Waals surface area (Å²) < 4.78 is 4.31. The number of hydrogen-bond acceptors (Lipinski definition) is 3. The van der Waals surface area contributed by atoms with Gasteiger partial charge in [0.1, 0.15) is 0 Å². The molecule has 0 fully saturated rings. The Morgan fingerprint density at radius 1 is 1.89 bits per heavy atom. The lowest BCUT2D eigenvalue weighted by atomic mass is 10.6. The molecule has 1 amide bonds. The van der Waals surface area contributed by atoms with Gasteiger partial charge in [-0.3, -0.25) is 4.79 Å². The Kier molecular flexibility index (Phi) is 3.38. The third-order valence-corrected chi connectivity index (χ3v) is 0.679. The monoisotopic (exact) mass is 133 g/mol. The summed E-state index contributed by atoms with van der Waals surface area (Å²) in [6, 6.07) is 0. The molecule has 0 aromatic carbocycles. The van der Waals surface area contributed by atoms with Gasteiger partial charge in [0.2, 0.25) is 12.6 Å². The van der Waals surface area contributed by atoms with Crippen LogP contribution in [0.25, 0.3) is 0 Å². The van der Waals surface area contributed by atoms with E-state index in [0.717, 1.165) is 0 Å². The minimum Gasteiger partial charge on any atom is -0.478 e. The smallest absolute Gasteiger partial charge is 0.354 e. The summed E-state index contributed by atoms with van der Waals surface area (Å²) in [5.74, 6) is -1.22. The van der Waals surface area contributed by atoms with Crippen LogP contribution in [0.3, 0.4) is 0 Å². The first-order valence-corrected chi connectivity index (χ1v) is 2.17. The number of methoxy groups -OCH3 is 1. The molecule has 0 aliphatic carbocycles. The van der Waals surface area contributed by atoms with E-state index in [2.05, 4.69) is 4.74 Å². The molecule has 52 valence electrons. The molecule has 1 atom stereocenters. The average molecular weight is 133 g/mol. The normalized spacial score (nSPS) is 12.1. The third-order valence-electron chi connectivity index (χ3n) is 0.679. The highest BCUT2D eigenvalue weighted by Gasteiger charge is 2.13. The molecular weight excluding hydrogens is 126 g/mol. The van der Waals surface area contributed by atoms with Crippen molar-refractivity contribution in [3.8, 4) is 0 Å². The molecule has 0 aliphatic rings. The number of carbonyl (C=O) groups is 2. The van der Waals surface area contributed by atoms with E-state index in [9.17, 15) is 9.59 Å². The molecule has 0 radical (unpaired) electrons. The van der Waals surface area contributed by atoms with Gasteiger partial charge in [-0.25, -0.2) is 4.79 Å². The van der Waals surface area contributed by atoms with Gasteiger partial charge in [0.05, 0.1) is 0 Å². The van der Waals surface area contributed by atoms with Crippen LogP contribution in [-0.4, -0.2) is 30.8 Å². The maximum Gasteiger partial charge on any atom is 0.354 e. The second-order valence-corrected chi connectivity index (χ2v) is 1.24. The summed E-state index contributed by atoms with van der Waals surface area (Å²) >= 11 is 0. The average Bonchev–Trinajstić information content (AvgIpc) is 1.82. The van der Waals surface area contributed by atoms with E-state index in [1.807, 2.05) is 5.32 Å². The van der Waals surface area contributed by atoms with Gasteiger partial charge in [0, 0.05) is 7.11 Å². The van der Waals surface area contributed by atoms with Crippen molar-refractivity contribution in [1.29, 1.82) is 0 Å². The number of hydrogen-bond donors (Lipinski definition) is 2. The Hall–Kier alpha value is -1.10. The van der Waals surface area contributed by atoms with E-state index in [-0.39, 0.29) is 6.41 Å². The van der Waals surface area contributed by atoms with Crippen LogP contribution in [0.2, 0.25) is 0 Å². The lowest BCUT2D eigenvalue weighted by Crippen LogP contribution is -2.37. The zero-order valence-corrected chi connectivity index (χ0v) is 4.83. The van der Waals surface area contributed by atoms with Crippen molar-refractivity contribution in [3.63, 3.8) is 0 Å². The molecule has 0 rings (SSSR count). The molecule has 0 heterocycles. The van der Waals surface area contributed by atoms with Crippen LogP contribution >= 0.6 is 0 Å². The van der Waals surface area contributed by atoms with E-state index in [0.29, 0.717) is 0 Å². The van der Waals surface area contributed by atoms with Crippen LogP contribution in [0.15, 0.2) is 0 Å². The second kappa shape index (κ2) is 3.85. The molecule has 0 saturated heterocycles. The zero-order valence-electron chi connectivity index (χ0n) is 4.83. The number of rotatable bonds is 4. The van der Waals surface area contributed by atoms with Crippen molar-refractivity contribution in [3.05, 3.63) is 0 Å². The predicted octanol–water partition coefficient (Wildman–Crippen LogP) is -1.21. The number of carbonyl (C=O) groups excluding carboxylic acids is 1. The molecule has 5 heteroatoms. The largest absolute Gasteiger partial charge is 0.478 e. The molecule has 0 spiro atoms. The summed E-state index contributed by atoms with van der Waals surface area (Å²) in [5, 5.41) is 10.1. The molecule has 1 unspecified atom stereocenters. The molecule has 0 aliphatic heterocycles. The maximum absolute atomic E-state index is 9.97. The Morgan fingerprint density at radius 3 is 2.56 bits per heavy atom. The Morgan fingerprint density at radius 2 is 2.44 bits per heavy atom. The summed E-state index contributed by atoms with van der Waals surface area (Å²) in [4.78, 5) is 19.6. The minimum absolute atomic E-state index is 0.266. The standard InChI is InChI=1S/C4H7NO4/c1-9-3(4(7)8)5-2-6/h2-3H,1H3,(H,5,6)(H,7,8). The van der Waals surface area contributed by atoms with Gasteiger partial charge in [-0.05, 0) is 0 Å². The molecule has 0 bridgehead atoms. The first-order chi connectivity index (χ1) is 4.22. The number of aliphatic carboxylic acids is 1. The van der Waals surface area contributed by atoms with Gasteiger partial charge >= 0.3 is 5.97 Å². The second-order valence-electron chi connectivity index (χ2n) is 1.24. The SMILES string of the molecule is COC(NC=O)C(=O)O. The summed E-state index contributed by atoms with van der Waals surface area (Å²) in [6.45, 7) is 0.